The first-order valence-electron chi connectivity index (χ1n) is 3.21. The fraction of sp³-hybridized carbons (Fsp3) is 0.500. The van der Waals surface area contributed by atoms with Crippen molar-refractivity contribution >= 4 is 15.9 Å². The number of rotatable bonds is 0. The smallest absolute Gasteiger partial charge is 0.0388 e. The first-order valence-corrected chi connectivity index (χ1v) is 4.12. The van der Waals surface area contributed by atoms with Gasteiger partial charge in [0.05, 0.1) is 0 Å². The summed E-state index contributed by atoms with van der Waals surface area (Å²) in [7, 11) is 0. The number of hydrogen-bond acceptors (Lipinski definition) is 0. The molecule has 0 aromatic carbocycles. The van der Waals surface area contributed by atoms with Crippen molar-refractivity contribution in [3.8, 4) is 0 Å². The van der Waals surface area contributed by atoms with Crippen LogP contribution in [0.3, 0.4) is 0 Å². The van der Waals surface area contributed by atoms with Crippen LogP contribution >= 0.6 is 15.9 Å². The van der Waals surface area contributed by atoms with Crippen molar-refractivity contribution in [1.29, 1.82) is 0 Å². The quantitative estimate of drug-likeness (QED) is 0.511. The van der Waals surface area contributed by atoms with E-state index in [2.05, 4.69) is 48.0 Å². The molecule has 0 amide bonds. The molecule has 0 aliphatic heterocycles. The molecule has 2 unspecified atom stereocenters. The highest BCUT2D eigenvalue weighted by Crippen LogP contribution is 2.21. The van der Waals surface area contributed by atoms with Crippen LogP contribution < -0.4 is 0 Å². The van der Waals surface area contributed by atoms with Gasteiger partial charge in [0.2, 0.25) is 0 Å². The van der Waals surface area contributed by atoms with E-state index in [0.717, 1.165) is 0 Å². The molecule has 0 N–H and O–H groups in total. The summed E-state index contributed by atoms with van der Waals surface area (Å²) in [5.41, 5.74) is 1.37. The highest BCUT2D eigenvalue weighted by Gasteiger charge is 2.10. The number of halogens is 1. The minimum absolute atomic E-state index is 0.543. The normalized spacial score (nSPS) is 34.3. The van der Waals surface area contributed by atoms with Crippen molar-refractivity contribution < 1.29 is 0 Å². The van der Waals surface area contributed by atoms with Crippen LogP contribution in [0.2, 0.25) is 0 Å². The van der Waals surface area contributed by atoms with Crippen molar-refractivity contribution in [2.45, 2.75) is 18.7 Å². The first kappa shape index (κ1) is 7.07. The minimum atomic E-state index is 0.543. The van der Waals surface area contributed by atoms with Gasteiger partial charge in [-0.1, -0.05) is 46.7 Å². The summed E-state index contributed by atoms with van der Waals surface area (Å²) >= 11 is 3.55. The van der Waals surface area contributed by atoms with E-state index in [0.29, 0.717) is 10.7 Å². The topological polar surface area (TPSA) is 0 Å². The van der Waals surface area contributed by atoms with E-state index in [9.17, 15) is 0 Å². The van der Waals surface area contributed by atoms with E-state index < -0.39 is 0 Å². The molecule has 0 nitrogen and oxygen atoms in total. The van der Waals surface area contributed by atoms with Crippen LogP contribution in [0.5, 0.6) is 0 Å². The predicted molar refractivity (Wildman–Crippen MR) is 44.8 cm³/mol. The molecule has 0 saturated heterocycles. The summed E-state index contributed by atoms with van der Waals surface area (Å²) in [5, 5.41) is 0. The van der Waals surface area contributed by atoms with Crippen LogP contribution in [-0.4, -0.2) is 4.83 Å². The zero-order valence-corrected chi connectivity index (χ0v) is 7.35. The summed E-state index contributed by atoms with van der Waals surface area (Å²) in [6.07, 6.45) is 6.62. The molecule has 50 valence electrons. The maximum absolute atomic E-state index is 3.55. The van der Waals surface area contributed by atoms with Gasteiger partial charge in [-0.25, -0.2) is 0 Å². The summed E-state index contributed by atoms with van der Waals surface area (Å²) in [6, 6.07) is 0. The van der Waals surface area contributed by atoms with E-state index in [-0.39, 0.29) is 0 Å². The molecule has 0 aromatic rings. The lowest BCUT2D eigenvalue weighted by molar-refractivity contribution is 0.754. The van der Waals surface area contributed by atoms with E-state index in [4.69, 9.17) is 0 Å². The molecule has 0 bridgehead atoms. The fourth-order valence-electron chi connectivity index (χ4n) is 0.981. The summed E-state index contributed by atoms with van der Waals surface area (Å²) in [4.78, 5) is 0.543. The van der Waals surface area contributed by atoms with Crippen molar-refractivity contribution in [2.75, 3.05) is 0 Å². The van der Waals surface area contributed by atoms with Gasteiger partial charge in [-0.15, -0.1) is 0 Å². The second kappa shape index (κ2) is 2.70. The highest BCUT2D eigenvalue weighted by atomic mass is 79.9. The molecule has 1 aliphatic carbocycles. The molecular formula is C8H11Br. The van der Waals surface area contributed by atoms with Crippen LogP contribution in [0.1, 0.15) is 13.8 Å². The van der Waals surface area contributed by atoms with Gasteiger partial charge < -0.3 is 0 Å². The number of hydrogen-bond donors (Lipinski definition) is 0. The third-order valence-electron chi connectivity index (χ3n) is 1.57. The maximum atomic E-state index is 3.55. The molecule has 0 radical (unpaired) electrons. The molecule has 1 aliphatic rings. The largest absolute Gasteiger partial charge is 0.0839 e. The molecule has 1 heteroatoms. The lowest BCUT2D eigenvalue weighted by atomic mass is 9.99. The Balaban J connectivity index is 2.70. The van der Waals surface area contributed by atoms with Gasteiger partial charge in [-0.05, 0) is 12.8 Å². The summed E-state index contributed by atoms with van der Waals surface area (Å²) in [6.45, 7) is 4.35. The molecule has 2 atom stereocenters. The van der Waals surface area contributed by atoms with Gasteiger partial charge in [-0.2, -0.15) is 0 Å². The van der Waals surface area contributed by atoms with Gasteiger partial charge in [0.25, 0.3) is 0 Å². The molecule has 0 fully saturated rings. The van der Waals surface area contributed by atoms with Crippen molar-refractivity contribution in [1.82, 2.24) is 0 Å². The van der Waals surface area contributed by atoms with E-state index in [1.165, 1.54) is 5.57 Å². The Hall–Kier alpha value is -0.0400. The van der Waals surface area contributed by atoms with E-state index >= 15 is 0 Å². The zero-order chi connectivity index (χ0) is 6.85. The van der Waals surface area contributed by atoms with E-state index in [1.807, 2.05) is 0 Å². The Bertz CT molecular complexity index is 156. The van der Waals surface area contributed by atoms with Crippen LogP contribution in [0.4, 0.5) is 0 Å². The van der Waals surface area contributed by atoms with Crippen LogP contribution in [0, 0.1) is 5.92 Å². The standard InChI is InChI=1S/C8H11Br/c1-6-3-4-8(9)7(2)5-6/h3-5,7-8H,1-2H3. The molecule has 0 aromatic heterocycles. The van der Waals surface area contributed by atoms with Gasteiger partial charge >= 0.3 is 0 Å². The summed E-state index contributed by atoms with van der Waals surface area (Å²) in [5.74, 6) is 0.648. The Kier molecular flexibility index (Phi) is 2.12. The second-order valence-electron chi connectivity index (χ2n) is 2.57. The SMILES string of the molecule is CC1=CC(C)C(Br)C=C1. The molecule has 0 heterocycles. The fourth-order valence-corrected chi connectivity index (χ4v) is 1.29. The lowest BCUT2D eigenvalue weighted by Crippen LogP contribution is -2.08. The Labute approximate surface area is 64.8 Å². The first-order chi connectivity index (χ1) is 4.20. The van der Waals surface area contributed by atoms with Crippen molar-refractivity contribution in [2.24, 2.45) is 5.92 Å². The molecule has 1 rings (SSSR count). The average Bonchev–Trinajstić information content (AvgIpc) is 1.80. The Morgan fingerprint density at radius 1 is 1.56 bits per heavy atom. The third kappa shape index (κ3) is 1.68. The van der Waals surface area contributed by atoms with Crippen LogP contribution in [-0.2, 0) is 0 Å². The van der Waals surface area contributed by atoms with Gasteiger partial charge in [0, 0.05) is 4.83 Å². The Morgan fingerprint density at radius 3 is 2.67 bits per heavy atom. The maximum Gasteiger partial charge on any atom is 0.0388 e. The third-order valence-corrected chi connectivity index (χ3v) is 2.71. The predicted octanol–water partition coefficient (Wildman–Crippen LogP) is 2.90. The van der Waals surface area contributed by atoms with Gasteiger partial charge in [0.15, 0.2) is 0 Å². The Morgan fingerprint density at radius 2 is 2.22 bits per heavy atom. The van der Waals surface area contributed by atoms with E-state index in [1.54, 1.807) is 0 Å². The average molecular weight is 187 g/mol. The lowest BCUT2D eigenvalue weighted by Gasteiger charge is -2.15. The monoisotopic (exact) mass is 186 g/mol. The second-order valence-corrected chi connectivity index (χ2v) is 3.63. The molecular weight excluding hydrogens is 176 g/mol. The highest BCUT2D eigenvalue weighted by molar-refractivity contribution is 9.09. The zero-order valence-electron chi connectivity index (χ0n) is 5.76. The van der Waals surface area contributed by atoms with Crippen molar-refractivity contribution in [3.05, 3.63) is 23.8 Å². The van der Waals surface area contributed by atoms with Gasteiger partial charge in [0.1, 0.15) is 0 Å². The van der Waals surface area contributed by atoms with Crippen LogP contribution in [0.25, 0.3) is 0 Å². The molecule has 0 saturated carbocycles. The number of alkyl halides is 1. The summed E-state index contributed by atoms with van der Waals surface area (Å²) < 4.78 is 0. The minimum Gasteiger partial charge on any atom is -0.0839 e. The molecule has 0 spiro atoms. The molecule has 9 heavy (non-hydrogen) atoms. The number of allylic oxidation sites excluding steroid dienone is 4. The van der Waals surface area contributed by atoms with Crippen molar-refractivity contribution in [3.63, 3.8) is 0 Å². The van der Waals surface area contributed by atoms with Crippen LogP contribution in [0.15, 0.2) is 23.8 Å². The van der Waals surface area contributed by atoms with Gasteiger partial charge in [-0.3, -0.25) is 0 Å².